The summed E-state index contributed by atoms with van der Waals surface area (Å²) in [6.45, 7) is -4.86. The van der Waals surface area contributed by atoms with Crippen LogP contribution in [0.5, 0.6) is 0 Å². The van der Waals surface area contributed by atoms with Crippen LogP contribution in [0.1, 0.15) is 11.1 Å². The van der Waals surface area contributed by atoms with Gasteiger partial charge in [0, 0.05) is 6.42 Å². The molecule has 0 aromatic heterocycles. The van der Waals surface area contributed by atoms with E-state index in [-0.39, 0.29) is 5.98 Å². The van der Waals surface area contributed by atoms with E-state index >= 15 is 0 Å². The van der Waals surface area contributed by atoms with Crippen molar-refractivity contribution in [2.24, 2.45) is 0 Å². The molecule has 0 spiro atoms. The first-order chi connectivity index (χ1) is 7.01. The van der Waals surface area contributed by atoms with Crippen LogP contribution in [-0.4, -0.2) is 6.98 Å². The summed E-state index contributed by atoms with van der Waals surface area (Å²) in [5, 5.41) is 0. The zero-order valence-corrected chi connectivity index (χ0v) is 7.96. The average molecular weight is 209 g/mol. The van der Waals surface area contributed by atoms with Crippen LogP contribution in [0.2, 0.25) is 0 Å². The Hall–Kier alpha value is -1.63. The summed E-state index contributed by atoms with van der Waals surface area (Å²) in [5.41, 5.74) is 1.45. The molecule has 0 unspecified atom stereocenters. The van der Waals surface area contributed by atoms with Crippen LogP contribution in [0.3, 0.4) is 0 Å². The molecule has 0 atom stereocenters. The Balaban J connectivity index is 2.74. The van der Waals surface area contributed by atoms with Gasteiger partial charge in [-0.2, -0.15) is 0 Å². The number of terminal acetylenes is 1. The van der Waals surface area contributed by atoms with E-state index < -0.39 is 6.98 Å². The second kappa shape index (κ2) is 4.74. The smallest absolute Gasteiger partial charge is 0.445 e. The molecule has 0 bridgehead atoms. The summed E-state index contributed by atoms with van der Waals surface area (Å²) in [6.07, 6.45) is 6.65. The molecule has 0 saturated heterocycles. The molecule has 0 aliphatic carbocycles. The van der Waals surface area contributed by atoms with Crippen molar-refractivity contribution in [3.63, 3.8) is 0 Å². The summed E-state index contributed by atoms with van der Waals surface area (Å²) in [4.78, 5) is 0. The predicted molar refractivity (Wildman–Crippen MR) is 57.1 cm³/mol. The molecule has 0 heterocycles. The molecule has 1 aromatic carbocycles. The minimum absolute atomic E-state index is 0.274. The second-order valence-electron chi connectivity index (χ2n) is 3.11. The summed E-state index contributed by atoms with van der Waals surface area (Å²) in [5.74, 6) is 2.74. The Morgan fingerprint density at radius 1 is 1.20 bits per heavy atom. The van der Waals surface area contributed by atoms with E-state index in [1.165, 1.54) is 0 Å². The minimum Gasteiger partial charge on any atom is -0.445 e. The first kappa shape index (κ1) is 11.4. The molecule has 0 N–H and O–H groups in total. The summed E-state index contributed by atoms with van der Waals surface area (Å²) in [7, 11) is 0. The lowest BCUT2D eigenvalue weighted by Crippen LogP contribution is -2.09. The van der Waals surface area contributed by atoms with E-state index in [0.717, 1.165) is 11.6 Å². The highest BCUT2D eigenvalue weighted by Gasteiger charge is 2.16. The van der Waals surface area contributed by atoms with Crippen LogP contribution >= 0.6 is 0 Å². The number of rotatable bonds is 3. The third-order valence-corrected chi connectivity index (χ3v) is 1.79. The lowest BCUT2D eigenvalue weighted by Gasteiger charge is -2.06. The fourth-order valence-corrected chi connectivity index (χ4v) is 1.08. The van der Waals surface area contributed by atoms with Crippen molar-refractivity contribution in [2.75, 3.05) is 0 Å². The van der Waals surface area contributed by atoms with E-state index in [2.05, 4.69) is 5.92 Å². The van der Waals surface area contributed by atoms with Gasteiger partial charge in [0.15, 0.2) is 0 Å². The highest BCUT2D eigenvalue weighted by molar-refractivity contribution is 6.64. The maximum Gasteiger partial charge on any atom is 0.502 e. The van der Waals surface area contributed by atoms with Gasteiger partial charge in [0.25, 0.3) is 0 Å². The zero-order chi connectivity index (χ0) is 11.3. The van der Waals surface area contributed by atoms with Gasteiger partial charge in [-0.1, -0.05) is 30.3 Å². The molecule has 0 saturated carbocycles. The lowest BCUT2D eigenvalue weighted by atomic mass is 9.90. The van der Waals surface area contributed by atoms with Gasteiger partial charge < -0.3 is 12.9 Å². The molecule has 1 rings (SSSR count). The highest BCUT2D eigenvalue weighted by Crippen LogP contribution is 2.13. The molecule has 15 heavy (non-hydrogen) atoms. The van der Waals surface area contributed by atoms with Gasteiger partial charge in [-0.25, -0.2) is 0 Å². The van der Waals surface area contributed by atoms with Crippen molar-refractivity contribution in [1.29, 1.82) is 0 Å². The molecule has 0 aliphatic heterocycles. The van der Waals surface area contributed by atoms with Gasteiger partial charge in [-0.05, 0) is 11.1 Å². The van der Waals surface area contributed by atoms with Crippen LogP contribution in [0.4, 0.5) is 12.9 Å². The van der Waals surface area contributed by atoms with Gasteiger partial charge in [0.05, 0.1) is 0 Å². The van der Waals surface area contributed by atoms with Crippen molar-refractivity contribution >= 4 is 13.1 Å². The third-order valence-electron chi connectivity index (χ3n) is 1.79. The molecular formula is C11H9BF3-. The van der Waals surface area contributed by atoms with Gasteiger partial charge in [0.1, 0.15) is 0 Å². The Bertz CT molecular complexity index is 382. The third kappa shape index (κ3) is 4.41. The van der Waals surface area contributed by atoms with Crippen LogP contribution in [0, 0.1) is 12.3 Å². The lowest BCUT2D eigenvalue weighted by molar-refractivity contribution is 0.499. The van der Waals surface area contributed by atoms with Crippen LogP contribution < -0.4 is 0 Å². The van der Waals surface area contributed by atoms with Crippen LogP contribution in [0.15, 0.2) is 30.2 Å². The van der Waals surface area contributed by atoms with Crippen molar-refractivity contribution < 1.29 is 12.9 Å². The maximum absolute atomic E-state index is 11.9. The molecule has 1 aromatic rings. The molecule has 78 valence electrons. The fourth-order valence-electron chi connectivity index (χ4n) is 1.08. The first-order valence-corrected chi connectivity index (χ1v) is 4.43. The second-order valence-corrected chi connectivity index (χ2v) is 3.11. The molecule has 4 heteroatoms. The van der Waals surface area contributed by atoms with Crippen molar-refractivity contribution in [1.82, 2.24) is 0 Å². The Morgan fingerprint density at radius 3 is 2.27 bits per heavy atom. The quantitative estimate of drug-likeness (QED) is 0.529. The van der Waals surface area contributed by atoms with Crippen LogP contribution in [-0.2, 0) is 6.42 Å². The molecule has 0 radical (unpaired) electrons. The highest BCUT2D eigenvalue weighted by atomic mass is 19.4. The Morgan fingerprint density at radius 2 is 1.80 bits per heavy atom. The normalized spacial score (nSPS) is 11.6. The summed E-state index contributed by atoms with van der Waals surface area (Å²) >= 11 is 0. The van der Waals surface area contributed by atoms with E-state index in [0.29, 0.717) is 12.0 Å². The van der Waals surface area contributed by atoms with Gasteiger partial charge in [0.2, 0.25) is 0 Å². The van der Waals surface area contributed by atoms with Gasteiger partial charge >= 0.3 is 6.98 Å². The summed E-state index contributed by atoms with van der Waals surface area (Å²) in [6, 6.07) is 6.68. The molecule has 0 amide bonds. The molecule has 0 nitrogen and oxygen atoms in total. The largest absolute Gasteiger partial charge is 0.502 e. The maximum atomic E-state index is 11.9. The molecular weight excluding hydrogens is 200 g/mol. The first-order valence-electron chi connectivity index (χ1n) is 4.43. The van der Waals surface area contributed by atoms with Crippen molar-refractivity contribution in [3.8, 4) is 12.3 Å². The van der Waals surface area contributed by atoms with E-state index in [1.807, 2.05) is 0 Å². The number of benzene rings is 1. The number of halogens is 3. The predicted octanol–water partition coefficient (Wildman–Crippen LogP) is 3.26. The zero-order valence-electron chi connectivity index (χ0n) is 7.96. The van der Waals surface area contributed by atoms with E-state index in [1.54, 1.807) is 24.3 Å². The van der Waals surface area contributed by atoms with Gasteiger partial charge in [-0.15, -0.1) is 18.3 Å². The minimum atomic E-state index is -4.86. The fraction of sp³-hybridized carbons (Fsp3) is 0.0909. The monoisotopic (exact) mass is 209 g/mol. The number of hydrogen-bond donors (Lipinski definition) is 0. The Kier molecular flexibility index (Phi) is 3.62. The standard InChI is InChI=1S/C11H9BF3/c1-2-3-10-4-6-11(7-5-10)8-9-12(13,14)15/h1,4-9H,3H2/q-1/b9-8+. The van der Waals surface area contributed by atoms with E-state index in [4.69, 9.17) is 6.42 Å². The van der Waals surface area contributed by atoms with E-state index in [9.17, 15) is 12.9 Å². The molecule has 0 aliphatic rings. The molecule has 0 fully saturated rings. The Labute approximate surface area is 86.9 Å². The van der Waals surface area contributed by atoms with Crippen molar-refractivity contribution in [2.45, 2.75) is 6.42 Å². The SMILES string of the molecule is C#CCc1ccc(/C=C/[B-](F)(F)F)cc1. The summed E-state index contributed by atoms with van der Waals surface area (Å²) < 4.78 is 35.7. The van der Waals surface area contributed by atoms with Gasteiger partial charge in [-0.3, -0.25) is 0 Å². The number of hydrogen-bond acceptors (Lipinski definition) is 0. The van der Waals surface area contributed by atoms with Crippen molar-refractivity contribution in [3.05, 3.63) is 41.4 Å². The van der Waals surface area contributed by atoms with Crippen LogP contribution in [0.25, 0.3) is 6.08 Å². The topological polar surface area (TPSA) is 0 Å². The average Bonchev–Trinajstić information content (AvgIpc) is 2.16.